The number of hydrazine groups is 2. The minimum absolute atomic E-state index is 0.136. The number of carboxylic acids is 1. The lowest BCUT2D eigenvalue weighted by Crippen LogP contribution is -2.60. The lowest BCUT2D eigenvalue weighted by atomic mass is 10.0. The van der Waals surface area contributed by atoms with Crippen LogP contribution in [0, 0.1) is 0 Å². The molecule has 0 unspecified atom stereocenters. The fourth-order valence-corrected chi connectivity index (χ4v) is 6.95. The Hall–Kier alpha value is -5.53. The summed E-state index contributed by atoms with van der Waals surface area (Å²) in [6.45, 7) is 6.95. The molecule has 67 heavy (non-hydrogen) atoms. The summed E-state index contributed by atoms with van der Waals surface area (Å²) in [5, 5.41) is 22.5. The number of esters is 1. The number of amides is 6. The van der Waals surface area contributed by atoms with Crippen molar-refractivity contribution >= 4 is 82.2 Å². The van der Waals surface area contributed by atoms with E-state index in [4.69, 9.17) is 44.6 Å². The lowest BCUT2D eigenvalue weighted by Gasteiger charge is -2.34. The maximum Gasteiger partial charge on any atom is 0.325 e. The Bertz CT molecular complexity index is 2040. The zero-order valence-electron chi connectivity index (χ0n) is 38.0. The number of nitrogens with zero attached hydrogens (tertiary/aromatic N) is 2. The van der Waals surface area contributed by atoms with Crippen LogP contribution in [-0.4, -0.2) is 122 Å². The van der Waals surface area contributed by atoms with Gasteiger partial charge in [0.1, 0.15) is 42.9 Å². The third-order valence-electron chi connectivity index (χ3n) is 10.3. The smallest absolute Gasteiger partial charge is 0.325 e. The van der Waals surface area contributed by atoms with Crippen molar-refractivity contribution in [2.24, 2.45) is 0 Å². The number of carboxylic acid groups (broad SMARTS) is 1. The maximum atomic E-state index is 13.1. The normalized spacial score (nSPS) is 18.0. The molecule has 2 heterocycles. The molecule has 7 N–H and O–H groups in total. The van der Waals surface area contributed by atoms with Gasteiger partial charge >= 0.3 is 11.9 Å². The minimum Gasteiger partial charge on any atom is -0.480 e. The third kappa shape index (κ3) is 20.5. The van der Waals surface area contributed by atoms with Crippen LogP contribution in [-0.2, 0) is 55.9 Å². The highest BCUT2D eigenvalue weighted by molar-refractivity contribution is 6.67. The molecular formula is C46H61Cl3N8O10. The number of aliphatic carboxylic acids is 1. The first-order chi connectivity index (χ1) is 31.8. The Morgan fingerprint density at radius 1 is 0.687 bits per heavy atom. The molecule has 0 aliphatic carbocycles. The molecule has 21 heteroatoms. The van der Waals surface area contributed by atoms with Gasteiger partial charge < -0.3 is 31.1 Å². The molecule has 0 bridgehead atoms. The van der Waals surface area contributed by atoms with E-state index in [9.17, 15) is 38.4 Å². The van der Waals surface area contributed by atoms with E-state index in [1.165, 1.54) is 23.9 Å². The third-order valence-corrected chi connectivity index (χ3v) is 10.6. The van der Waals surface area contributed by atoms with Crippen molar-refractivity contribution in [2.45, 2.75) is 119 Å². The van der Waals surface area contributed by atoms with E-state index >= 15 is 0 Å². The van der Waals surface area contributed by atoms with Gasteiger partial charge in [0.25, 0.3) is 11.8 Å². The molecule has 2 fully saturated rings. The maximum absolute atomic E-state index is 13.1. The van der Waals surface area contributed by atoms with E-state index < -0.39 is 82.2 Å². The van der Waals surface area contributed by atoms with Gasteiger partial charge in [-0.3, -0.25) is 48.4 Å². The molecule has 0 aromatic heterocycles. The molecule has 4 rings (SSSR count). The second-order valence-corrected chi connectivity index (χ2v) is 18.3. The molecule has 366 valence electrons. The van der Waals surface area contributed by atoms with Crippen LogP contribution in [0.2, 0.25) is 0 Å². The summed E-state index contributed by atoms with van der Waals surface area (Å²) >= 11 is 16.9. The van der Waals surface area contributed by atoms with Crippen LogP contribution >= 0.6 is 34.8 Å². The highest BCUT2D eigenvalue weighted by atomic mass is 35.6. The van der Waals surface area contributed by atoms with Gasteiger partial charge in [-0.1, -0.05) is 120 Å². The molecule has 18 nitrogen and oxygen atoms in total. The number of hydrogen-bond acceptors (Lipinski definition) is 11. The van der Waals surface area contributed by atoms with Gasteiger partial charge in [-0.25, -0.2) is 10.9 Å². The number of ether oxygens (including phenoxy) is 1. The summed E-state index contributed by atoms with van der Waals surface area (Å²) in [4.78, 5) is 99.6. The van der Waals surface area contributed by atoms with Crippen LogP contribution in [0.3, 0.4) is 0 Å². The monoisotopic (exact) mass is 990 g/mol. The number of hydrogen-bond donors (Lipinski definition) is 7. The molecule has 0 saturated carbocycles. The van der Waals surface area contributed by atoms with Gasteiger partial charge in [-0.05, 0) is 64.5 Å². The van der Waals surface area contributed by atoms with E-state index in [1.807, 2.05) is 60.7 Å². The van der Waals surface area contributed by atoms with Crippen LogP contribution < -0.4 is 32.1 Å². The second kappa shape index (κ2) is 28.6. The molecule has 0 radical (unpaired) electrons. The number of halogens is 3. The summed E-state index contributed by atoms with van der Waals surface area (Å²) in [5.41, 5.74) is 7.23. The Labute approximate surface area is 405 Å². The van der Waals surface area contributed by atoms with Gasteiger partial charge in [-0.2, -0.15) is 0 Å². The van der Waals surface area contributed by atoms with Gasteiger partial charge in [-0.15, -0.1) is 0 Å². The van der Waals surface area contributed by atoms with Crippen molar-refractivity contribution in [3.8, 4) is 0 Å². The predicted molar refractivity (Wildman–Crippen MR) is 253 cm³/mol. The Kier molecular flexibility index (Phi) is 23.8. The van der Waals surface area contributed by atoms with Gasteiger partial charge in [0.2, 0.25) is 27.4 Å². The number of alkyl halides is 3. The molecule has 6 atom stereocenters. The molecule has 2 aromatic carbocycles. The average molecular weight is 992 g/mol. The van der Waals surface area contributed by atoms with Crippen molar-refractivity contribution in [3.63, 3.8) is 0 Å². The molecule has 6 amide bonds. The van der Waals surface area contributed by atoms with E-state index in [-0.39, 0.29) is 37.5 Å². The molecule has 0 spiro atoms. The topological polar surface area (TPSA) is 245 Å². The number of benzene rings is 2. The van der Waals surface area contributed by atoms with E-state index in [0.29, 0.717) is 38.8 Å². The molecule has 2 aromatic rings. The quantitative estimate of drug-likeness (QED) is 0.0609. The summed E-state index contributed by atoms with van der Waals surface area (Å²) < 4.78 is 3.26. The van der Waals surface area contributed by atoms with Crippen molar-refractivity contribution in [1.82, 2.24) is 42.1 Å². The highest BCUT2D eigenvalue weighted by Gasteiger charge is 2.35. The van der Waals surface area contributed by atoms with Gasteiger partial charge in [0, 0.05) is 38.8 Å². The fraction of sp³-hybridized carbons (Fsp3) is 0.478. The van der Waals surface area contributed by atoms with Crippen molar-refractivity contribution in [3.05, 3.63) is 96.1 Å². The first-order valence-corrected chi connectivity index (χ1v) is 23.1. The van der Waals surface area contributed by atoms with Gasteiger partial charge in [0.15, 0.2) is 0 Å². The summed E-state index contributed by atoms with van der Waals surface area (Å²) in [5.74, 6) is -4.14. The predicted octanol–water partition coefficient (Wildman–Crippen LogP) is 3.36. The van der Waals surface area contributed by atoms with Crippen molar-refractivity contribution < 1.29 is 48.2 Å². The first kappa shape index (κ1) is 55.8. The largest absolute Gasteiger partial charge is 0.480 e. The Morgan fingerprint density at radius 3 is 1.48 bits per heavy atom. The lowest BCUT2D eigenvalue weighted by molar-refractivity contribution is -0.153. The Balaban J connectivity index is 0.000000359. The number of rotatable bonds is 19. The second-order valence-electron chi connectivity index (χ2n) is 15.8. The van der Waals surface area contributed by atoms with E-state index in [2.05, 4.69) is 32.1 Å². The molecule has 2 aliphatic rings. The standard InChI is InChI=1S/C24H31Cl3N4O5.C22H30N4O5/c1-3-4-12-20(32)29-19(14-17-9-6-5-7-10-17)21(33)28-16(2)22(34)31-13-8-11-18(30-31)23(35)36-15-24(25,26)27;1-3-4-12-19(27)24-18(14-16-9-6-5-7-10-16)20(28)23-15(2)21(29)26-13-8-11-17(25-26)22(30)31/h3-7,9-10,16,18-19,30H,8,11-15H2,1-2H3,(H,28,33)(H,29,32);3-7,9-10,15,17-18,25H,8,11-14H2,1-2H3,(H,23,28)(H,24,27)(H,30,31)/b2*4-3+/t16-,18-,19-;15-,17-,18-/m00/s1. The summed E-state index contributed by atoms with van der Waals surface area (Å²) in [7, 11) is 0. The molecule has 2 saturated heterocycles. The highest BCUT2D eigenvalue weighted by Crippen LogP contribution is 2.26. The summed E-state index contributed by atoms with van der Waals surface area (Å²) in [6, 6.07) is 13.3. The summed E-state index contributed by atoms with van der Waals surface area (Å²) in [6.07, 6.45) is 9.65. The SMILES string of the molecule is C/C=C/CC(=O)N[C@@H](Cc1ccccc1)C(=O)N[C@@H](C)C(=O)N1CCC[C@@H](C(=O)O)N1.C/C=C/CC(=O)N[C@@H](Cc1ccccc1)C(=O)N[C@@H](C)C(=O)N1CCC[C@@H](C(=O)OCC(Cl)(Cl)Cl)N1. The van der Waals surface area contributed by atoms with Crippen LogP contribution in [0.1, 0.15) is 77.3 Å². The van der Waals surface area contributed by atoms with Crippen molar-refractivity contribution in [2.75, 3.05) is 19.7 Å². The zero-order valence-corrected chi connectivity index (χ0v) is 40.2. The Morgan fingerprint density at radius 2 is 1.09 bits per heavy atom. The number of carbonyl (C=O) groups is 8. The van der Waals surface area contributed by atoms with E-state index in [1.54, 1.807) is 38.2 Å². The van der Waals surface area contributed by atoms with Crippen molar-refractivity contribution in [1.29, 1.82) is 0 Å². The number of allylic oxidation sites excluding steroid dienone is 2. The molecular weight excluding hydrogens is 931 g/mol. The zero-order chi connectivity index (χ0) is 49.5. The van der Waals surface area contributed by atoms with Crippen LogP contribution in [0.25, 0.3) is 0 Å². The molecule has 2 aliphatic heterocycles. The number of carbonyl (C=O) groups excluding carboxylic acids is 7. The van der Waals surface area contributed by atoms with Crippen LogP contribution in [0.15, 0.2) is 85.0 Å². The number of nitrogens with one attached hydrogen (secondary N) is 6. The average Bonchev–Trinajstić information content (AvgIpc) is 3.31. The minimum atomic E-state index is -1.74. The van der Waals surface area contributed by atoms with Crippen LogP contribution in [0.4, 0.5) is 0 Å². The fourth-order valence-electron chi connectivity index (χ4n) is 6.79. The van der Waals surface area contributed by atoms with E-state index in [0.717, 1.165) is 11.1 Å². The first-order valence-electron chi connectivity index (χ1n) is 21.9. The van der Waals surface area contributed by atoms with Gasteiger partial charge in [0.05, 0.1) is 0 Å². The van der Waals surface area contributed by atoms with Crippen LogP contribution in [0.5, 0.6) is 0 Å².